The molecule has 8 heteroatoms. The lowest BCUT2D eigenvalue weighted by atomic mass is 10.1. The Morgan fingerprint density at radius 2 is 1.48 bits per heavy atom. The van der Waals surface area contributed by atoms with E-state index in [9.17, 15) is 22.8 Å². The average Bonchev–Trinajstić information content (AvgIpc) is 2.71. The normalized spacial score (nSPS) is 14.2. The molecule has 1 heterocycles. The zero-order valence-corrected chi connectivity index (χ0v) is 15.9. The van der Waals surface area contributed by atoms with E-state index in [1.54, 1.807) is 29.2 Å². The molecule has 2 amide bonds. The maximum atomic E-state index is 13.0. The van der Waals surface area contributed by atoms with Gasteiger partial charge in [0.25, 0.3) is 11.8 Å². The number of piperazine rings is 1. The van der Waals surface area contributed by atoms with Gasteiger partial charge in [0.15, 0.2) is 0 Å². The molecule has 1 aliphatic rings. The fourth-order valence-electron chi connectivity index (χ4n) is 2.93. The van der Waals surface area contributed by atoms with Crippen LogP contribution in [0.2, 0.25) is 5.02 Å². The first-order valence-electron chi connectivity index (χ1n) is 8.78. The van der Waals surface area contributed by atoms with Crippen LogP contribution in [-0.4, -0.2) is 47.8 Å². The van der Waals surface area contributed by atoms with E-state index in [0.29, 0.717) is 23.7 Å². The van der Waals surface area contributed by atoms with Crippen LogP contribution in [0, 0.1) is 11.8 Å². The van der Waals surface area contributed by atoms with Crippen LogP contribution in [0.1, 0.15) is 21.5 Å². The van der Waals surface area contributed by atoms with Gasteiger partial charge in [0.05, 0.1) is 5.56 Å². The third kappa shape index (κ3) is 5.09. The highest BCUT2D eigenvalue weighted by Gasteiger charge is 2.32. The number of halogens is 4. The van der Waals surface area contributed by atoms with Crippen molar-refractivity contribution >= 4 is 23.4 Å². The van der Waals surface area contributed by atoms with Crippen molar-refractivity contribution in [2.45, 2.75) is 6.18 Å². The van der Waals surface area contributed by atoms with E-state index in [4.69, 9.17) is 11.6 Å². The molecule has 4 nitrogen and oxygen atoms in total. The molecule has 150 valence electrons. The van der Waals surface area contributed by atoms with Crippen LogP contribution < -0.4 is 0 Å². The van der Waals surface area contributed by atoms with Crippen molar-refractivity contribution < 1.29 is 22.8 Å². The van der Waals surface area contributed by atoms with Gasteiger partial charge in [-0.25, -0.2) is 0 Å². The van der Waals surface area contributed by atoms with E-state index in [0.717, 1.165) is 6.07 Å². The summed E-state index contributed by atoms with van der Waals surface area (Å²) in [5, 5.41) is 0.530. The number of carbonyl (C=O) groups excluding carboxylic acids is 2. The number of hydrogen-bond acceptors (Lipinski definition) is 2. The summed E-state index contributed by atoms with van der Waals surface area (Å²) < 4.78 is 39.0. The number of benzene rings is 2. The van der Waals surface area contributed by atoms with E-state index < -0.39 is 17.6 Å². The fraction of sp³-hybridized carbons (Fsp3) is 0.238. The lowest BCUT2D eigenvalue weighted by Crippen LogP contribution is -2.50. The van der Waals surface area contributed by atoms with Crippen molar-refractivity contribution in [3.8, 4) is 11.8 Å². The fourth-order valence-corrected chi connectivity index (χ4v) is 3.05. The van der Waals surface area contributed by atoms with Crippen molar-refractivity contribution in [2.24, 2.45) is 0 Å². The SMILES string of the molecule is O=C(C#Cc1ccccc1C(F)(F)F)N1CCN(C(=O)c2ccc(Cl)cc2)CC1. The van der Waals surface area contributed by atoms with Crippen LogP contribution in [0.3, 0.4) is 0 Å². The lowest BCUT2D eigenvalue weighted by molar-refractivity contribution is -0.137. The number of hydrogen-bond donors (Lipinski definition) is 0. The average molecular weight is 421 g/mol. The second kappa shape index (κ2) is 8.58. The summed E-state index contributed by atoms with van der Waals surface area (Å²) in [6.07, 6.45) is -4.54. The summed E-state index contributed by atoms with van der Waals surface area (Å²) in [5.41, 5.74) is -0.624. The third-order valence-electron chi connectivity index (χ3n) is 4.48. The van der Waals surface area contributed by atoms with Crippen LogP contribution >= 0.6 is 11.6 Å². The smallest absolute Gasteiger partial charge is 0.335 e. The van der Waals surface area contributed by atoms with E-state index in [-0.39, 0.29) is 24.6 Å². The van der Waals surface area contributed by atoms with Gasteiger partial charge < -0.3 is 9.80 Å². The summed E-state index contributed by atoms with van der Waals surface area (Å²) in [5.74, 6) is 3.87. The highest BCUT2D eigenvalue weighted by molar-refractivity contribution is 6.30. The molecule has 1 aliphatic heterocycles. The Balaban J connectivity index is 1.63. The maximum Gasteiger partial charge on any atom is 0.417 e. The molecular weight excluding hydrogens is 405 g/mol. The second-order valence-electron chi connectivity index (χ2n) is 6.38. The van der Waals surface area contributed by atoms with E-state index in [2.05, 4.69) is 11.8 Å². The number of alkyl halides is 3. The van der Waals surface area contributed by atoms with E-state index in [1.807, 2.05) is 0 Å². The molecule has 0 aliphatic carbocycles. The quantitative estimate of drug-likeness (QED) is 0.660. The minimum atomic E-state index is -4.54. The molecule has 0 radical (unpaired) electrons. The van der Waals surface area contributed by atoms with E-state index >= 15 is 0 Å². The Bertz CT molecular complexity index is 970. The van der Waals surface area contributed by atoms with Gasteiger partial charge in [-0.15, -0.1) is 0 Å². The molecule has 0 spiro atoms. The summed E-state index contributed by atoms with van der Waals surface area (Å²) in [7, 11) is 0. The Morgan fingerprint density at radius 3 is 2.10 bits per heavy atom. The monoisotopic (exact) mass is 420 g/mol. The summed E-state index contributed by atoms with van der Waals surface area (Å²) in [6, 6.07) is 11.4. The second-order valence-corrected chi connectivity index (χ2v) is 6.82. The van der Waals surface area contributed by atoms with Gasteiger partial charge >= 0.3 is 6.18 Å². The number of rotatable bonds is 1. The van der Waals surface area contributed by atoms with Crippen LogP contribution in [0.4, 0.5) is 13.2 Å². The highest BCUT2D eigenvalue weighted by atomic mass is 35.5. The molecule has 0 atom stereocenters. The minimum Gasteiger partial charge on any atom is -0.335 e. The van der Waals surface area contributed by atoms with Crippen LogP contribution in [0.5, 0.6) is 0 Å². The molecule has 0 aromatic heterocycles. The Hall–Kier alpha value is -2.98. The molecule has 2 aromatic carbocycles. The molecule has 29 heavy (non-hydrogen) atoms. The van der Waals surface area contributed by atoms with Gasteiger partial charge in [-0.3, -0.25) is 9.59 Å². The molecule has 1 fully saturated rings. The number of amides is 2. The Kier molecular flexibility index (Phi) is 6.14. The lowest BCUT2D eigenvalue weighted by Gasteiger charge is -2.33. The summed E-state index contributed by atoms with van der Waals surface area (Å²) in [6.45, 7) is 1.14. The van der Waals surface area contributed by atoms with Gasteiger partial charge in [0.2, 0.25) is 0 Å². The molecule has 2 aromatic rings. The zero-order chi connectivity index (χ0) is 21.0. The van der Waals surface area contributed by atoms with Crippen molar-refractivity contribution in [1.82, 2.24) is 9.80 Å². The predicted molar refractivity (Wildman–Crippen MR) is 102 cm³/mol. The third-order valence-corrected chi connectivity index (χ3v) is 4.73. The topological polar surface area (TPSA) is 40.6 Å². The van der Waals surface area contributed by atoms with Crippen LogP contribution in [0.15, 0.2) is 48.5 Å². The van der Waals surface area contributed by atoms with Crippen molar-refractivity contribution in [2.75, 3.05) is 26.2 Å². The van der Waals surface area contributed by atoms with Crippen LogP contribution in [0.25, 0.3) is 0 Å². The van der Waals surface area contributed by atoms with Crippen LogP contribution in [-0.2, 0) is 11.0 Å². The van der Waals surface area contributed by atoms with Crippen molar-refractivity contribution in [1.29, 1.82) is 0 Å². The first kappa shape index (κ1) is 20.7. The summed E-state index contributed by atoms with van der Waals surface area (Å²) >= 11 is 5.82. The standard InChI is InChI=1S/C21H16ClF3N2O2/c22-17-8-5-16(6-9-17)20(29)27-13-11-26(12-14-27)19(28)10-7-15-3-1-2-4-18(15)21(23,24)25/h1-6,8-9H,11-14H2. The Labute approximate surface area is 170 Å². The van der Waals surface area contributed by atoms with Gasteiger partial charge in [-0.05, 0) is 36.4 Å². The first-order valence-corrected chi connectivity index (χ1v) is 9.15. The predicted octanol–water partition coefficient (Wildman–Crippen LogP) is 3.69. The zero-order valence-electron chi connectivity index (χ0n) is 15.2. The number of carbonyl (C=O) groups is 2. The van der Waals surface area contributed by atoms with Gasteiger partial charge in [0.1, 0.15) is 0 Å². The van der Waals surface area contributed by atoms with E-state index in [1.165, 1.54) is 23.1 Å². The van der Waals surface area contributed by atoms with Crippen molar-refractivity contribution in [3.05, 3.63) is 70.2 Å². The molecule has 0 unspecified atom stereocenters. The molecular formula is C21H16ClF3N2O2. The van der Waals surface area contributed by atoms with Gasteiger partial charge in [-0.1, -0.05) is 29.7 Å². The summed E-state index contributed by atoms with van der Waals surface area (Å²) in [4.78, 5) is 27.8. The maximum absolute atomic E-state index is 13.0. The number of nitrogens with zero attached hydrogens (tertiary/aromatic N) is 2. The first-order chi connectivity index (χ1) is 13.8. The largest absolute Gasteiger partial charge is 0.417 e. The van der Waals surface area contributed by atoms with Crippen molar-refractivity contribution in [3.63, 3.8) is 0 Å². The Morgan fingerprint density at radius 1 is 0.897 bits per heavy atom. The minimum absolute atomic E-state index is 0.168. The molecule has 1 saturated heterocycles. The molecule has 0 saturated carbocycles. The molecule has 3 rings (SSSR count). The molecule has 0 bridgehead atoms. The van der Waals surface area contributed by atoms with Gasteiger partial charge in [-0.2, -0.15) is 13.2 Å². The molecule has 0 N–H and O–H groups in total. The highest BCUT2D eigenvalue weighted by Crippen LogP contribution is 2.31. The van der Waals surface area contributed by atoms with Gasteiger partial charge in [0, 0.05) is 48.2 Å².